The predicted molar refractivity (Wildman–Crippen MR) is 84.4 cm³/mol. The van der Waals surface area contributed by atoms with Gasteiger partial charge in [0.25, 0.3) is 0 Å². The fraction of sp³-hybridized carbons (Fsp3) is 0.167. The Morgan fingerprint density at radius 3 is 2.32 bits per heavy atom. The molecule has 2 aromatic rings. The molecular weight excluding hydrogens is 280 g/mol. The van der Waals surface area contributed by atoms with Gasteiger partial charge in [-0.2, -0.15) is 0 Å². The Morgan fingerprint density at radius 1 is 1.00 bits per heavy atom. The number of aliphatic hydroxyl groups excluding tert-OH is 1. The van der Waals surface area contributed by atoms with Crippen molar-refractivity contribution in [2.45, 2.75) is 6.10 Å². The summed E-state index contributed by atoms with van der Waals surface area (Å²) in [5.74, 6) is 0.166. The van der Waals surface area contributed by atoms with E-state index in [-0.39, 0.29) is 13.2 Å². The summed E-state index contributed by atoms with van der Waals surface area (Å²) < 4.78 is 10.3. The van der Waals surface area contributed by atoms with E-state index in [4.69, 9.17) is 9.47 Å². The van der Waals surface area contributed by atoms with E-state index in [1.807, 2.05) is 48.5 Å². The molecule has 2 aromatic carbocycles. The minimum atomic E-state index is -0.866. The molecule has 1 N–H and O–H groups in total. The number of carbonyl (C=O) groups excluding carboxylic acids is 1. The second-order valence-corrected chi connectivity index (χ2v) is 4.65. The molecule has 2 rings (SSSR count). The molecule has 22 heavy (non-hydrogen) atoms. The zero-order valence-corrected chi connectivity index (χ0v) is 12.1. The van der Waals surface area contributed by atoms with Crippen molar-refractivity contribution in [2.75, 3.05) is 13.2 Å². The predicted octanol–water partition coefficient (Wildman–Crippen LogP) is 2.68. The molecule has 0 amide bonds. The highest BCUT2D eigenvalue weighted by molar-refractivity contribution is 5.87. The molecule has 114 valence electrons. The maximum atomic E-state index is 11.5. The molecule has 0 aromatic heterocycles. The molecule has 0 aliphatic carbocycles. The van der Waals surface area contributed by atoms with Gasteiger partial charge in [0.05, 0.1) is 0 Å². The second-order valence-electron chi connectivity index (χ2n) is 4.65. The minimum absolute atomic E-state index is 0.0691. The van der Waals surface area contributed by atoms with Crippen molar-refractivity contribution >= 4 is 12.0 Å². The Bertz CT molecular complexity index is 593. The average molecular weight is 298 g/mol. The smallest absolute Gasteiger partial charge is 0.330 e. The molecule has 0 spiro atoms. The van der Waals surface area contributed by atoms with Crippen LogP contribution < -0.4 is 4.74 Å². The largest absolute Gasteiger partial charge is 0.491 e. The van der Waals surface area contributed by atoms with Gasteiger partial charge in [-0.1, -0.05) is 48.5 Å². The van der Waals surface area contributed by atoms with Crippen LogP contribution in [-0.4, -0.2) is 30.4 Å². The van der Waals surface area contributed by atoms with Crippen molar-refractivity contribution in [3.8, 4) is 5.75 Å². The molecule has 0 fully saturated rings. The Hall–Kier alpha value is -2.59. The van der Waals surface area contributed by atoms with Crippen molar-refractivity contribution in [1.29, 1.82) is 0 Å². The second kappa shape index (κ2) is 8.64. The third-order valence-corrected chi connectivity index (χ3v) is 2.82. The molecule has 1 unspecified atom stereocenters. The maximum Gasteiger partial charge on any atom is 0.330 e. The van der Waals surface area contributed by atoms with E-state index in [9.17, 15) is 9.90 Å². The lowest BCUT2D eigenvalue weighted by molar-refractivity contribution is -0.141. The highest BCUT2D eigenvalue weighted by Gasteiger charge is 2.08. The summed E-state index contributed by atoms with van der Waals surface area (Å²) in [5.41, 5.74) is 0.910. The van der Waals surface area contributed by atoms with Crippen molar-refractivity contribution in [2.24, 2.45) is 0 Å². The van der Waals surface area contributed by atoms with Gasteiger partial charge in [0.15, 0.2) is 0 Å². The van der Waals surface area contributed by atoms with Crippen LogP contribution in [0.4, 0.5) is 0 Å². The number of rotatable bonds is 7. The SMILES string of the molecule is O=C(/C=C/c1ccccc1)OCC(O)COc1ccccc1. The molecule has 0 aliphatic rings. The highest BCUT2D eigenvalue weighted by Crippen LogP contribution is 2.08. The van der Waals surface area contributed by atoms with Crippen LogP contribution in [0, 0.1) is 0 Å². The first kappa shape index (κ1) is 15.8. The number of hydrogen-bond donors (Lipinski definition) is 1. The van der Waals surface area contributed by atoms with Gasteiger partial charge >= 0.3 is 5.97 Å². The quantitative estimate of drug-likeness (QED) is 0.631. The van der Waals surface area contributed by atoms with Crippen molar-refractivity contribution in [3.05, 3.63) is 72.3 Å². The molecule has 4 heteroatoms. The van der Waals surface area contributed by atoms with Crippen molar-refractivity contribution < 1.29 is 19.4 Å². The lowest BCUT2D eigenvalue weighted by Gasteiger charge is -2.12. The van der Waals surface area contributed by atoms with E-state index in [2.05, 4.69) is 0 Å². The monoisotopic (exact) mass is 298 g/mol. The number of aliphatic hydroxyl groups is 1. The summed E-state index contributed by atoms with van der Waals surface area (Å²) in [4.78, 5) is 11.5. The summed E-state index contributed by atoms with van der Waals surface area (Å²) >= 11 is 0. The molecule has 1 atom stereocenters. The number of carbonyl (C=O) groups is 1. The van der Waals surface area contributed by atoms with E-state index >= 15 is 0 Å². The van der Waals surface area contributed by atoms with Crippen LogP contribution in [0.2, 0.25) is 0 Å². The van der Waals surface area contributed by atoms with E-state index < -0.39 is 12.1 Å². The first-order valence-electron chi connectivity index (χ1n) is 7.00. The van der Waals surface area contributed by atoms with Gasteiger partial charge in [0, 0.05) is 6.08 Å². The number of ether oxygens (including phenoxy) is 2. The summed E-state index contributed by atoms with van der Waals surface area (Å²) in [6.07, 6.45) is 2.13. The van der Waals surface area contributed by atoms with Gasteiger partial charge in [-0.05, 0) is 23.8 Å². The first-order chi connectivity index (χ1) is 10.7. The fourth-order valence-electron chi connectivity index (χ4n) is 1.71. The van der Waals surface area contributed by atoms with Gasteiger partial charge < -0.3 is 14.6 Å². The van der Waals surface area contributed by atoms with Crippen molar-refractivity contribution in [1.82, 2.24) is 0 Å². The summed E-state index contributed by atoms with van der Waals surface area (Å²) in [5, 5.41) is 9.72. The number of hydrogen-bond acceptors (Lipinski definition) is 4. The van der Waals surface area contributed by atoms with Crippen LogP contribution in [0.1, 0.15) is 5.56 Å². The Kier molecular flexibility index (Phi) is 6.20. The fourth-order valence-corrected chi connectivity index (χ4v) is 1.71. The summed E-state index contributed by atoms with van der Waals surface area (Å²) in [6, 6.07) is 18.6. The number of benzene rings is 2. The molecule has 0 bridgehead atoms. The summed E-state index contributed by atoms with van der Waals surface area (Å²) in [6.45, 7) is -0.0372. The molecule has 0 aliphatic heterocycles. The molecule has 0 saturated carbocycles. The lowest BCUT2D eigenvalue weighted by Crippen LogP contribution is -2.24. The maximum absolute atomic E-state index is 11.5. The van der Waals surface area contributed by atoms with Gasteiger partial charge in [0.2, 0.25) is 0 Å². The van der Waals surface area contributed by atoms with Gasteiger partial charge in [0.1, 0.15) is 25.1 Å². The Morgan fingerprint density at radius 2 is 1.64 bits per heavy atom. The van der Waals surface area contributed by atoms with Crippen LogP contribution in [0.15, 0.2) is 66.7 Å². The van der Waals surface area contributed by atoms with Crippen LogP contribution in [-0.2, 0) is 9.53 Å². The molecule has 0 saturated heterocycles. The standard InChI is InChI=1S/C18H18O4/c19-16(13-21-17-9-5-2-6-10-17)14-22-18(20)12-11-15-7-3-1-4-8-15/h1-12,16,19H,13-14H2/b12-11+. The van der Waals surface area contributed by atoms with Crippen LogP contribution >= 0.6 is 0 Å². The van der Waals surface area contributed by atoms with E-state index in [1.165, 1.54) is 6.08 Å². The number of para-hydroxylation sites is 1. The van der Waals surface area contributed by atoms with Crippen molar-refractivity contribution in [3.63, 3.8) is 0 Å². The third-order valence-electron chi connectivity index (χ3n) is 2.82. The van der Waals surface area contributed by atoms with E-state index in [0.29, 0.717) is 5.75 Å². The number of esters is 1. The highest BCUT2D eigenvalue weighted by atomic mass is 16.5. The molecule has 0 heterocycles. The lowest BCUT2D eigenvalue weighted by atomic mass is 10.2. The van der Waals surface area contributed by atoms with E-state index in [0.717, 1.165) is 5.56 Å². The van der Waals surface area contributed by atoms with Crippen LogP contribution in [0.5, 0.6) is 5.75 Å². The molecular formula is C18H18O4. The summed E-state index contributed by atoms with van der Waals surface area (Å²) in [7, 11) is 0. The van der Waals surface area contributed by atoms with Gasteiger partial charge in [-0.15, -0.1) is 0 Å². The van der Waals surface area contributed by atoms with Gasteiger partial charge in [-0.25, -0.2) is 4.79 Å². The average Bonchev–Trinajstić information content (AvgIpc) is 2.58. The topological polar surface area (TPSA) is 55.8 Å². The van der Waals surface area contributed by atoms with E-state index in [1.54, 1.807) is 18.2 Å². The third kappa shape index (κ3) is 5.81. The minimum Gasteiger partial charge on any atom is -0.491 e. The van der Waals surface area contributed by atoms with Crippen LogP contribution in [0.3, 0.4) is 0 Å². The zero-order chi connectivity index (χ0) is 15.6. The molecule has 4 nitrogen and oxygen atoms in total. The molecule has 0 radical (unpaired) electrons. The normalized spacial score (nSPS) is 12.0. The zero-order valence-electron chi connectivity index (χ0n) is 12.1. The first-order valence-corrected chi connectivity index (χ1v) is 7.00. The van der Waals surface area contributed by atoms with Gasteiger partial charge in [-0.3, -0.25) is 0 Å². The Balaban J connectivity index is 1.68. The Labute approximate surface area is 129 Å². The van der Waals surface area contributed by atoms with Crippen LogP contribution in [0.25, 0.3) is 6.08 Å².